The minimum absolute atomic E-state index is 0.222. The lowest BCUT2D eigenvalue weighted by Crippen LogP contribution is -2.31. The van der Waals surface area contributed by atoms with E-state index in [1.165, 1.54) is 16.7 Å². The molecule has 0 radical (unpaired) electrons. The minimum atomic E-state index is -1.12. The Labute approximate surface area is 169 Å². The zero-order valence-electron chi connectivity index (χ0n) is 14.8. The fraction of sp³-hybridized carbons (Fsp3) is 0.211. The van der Waals surface area contributed by atoms with Crippen LogP contribution in [0.15, 0.2) is 47.4 Å². The summed E-state index contributed by atoms with van der Waals surface area (Å²) in [7, 11) is 3.35. The molecule has 8 heteroatoms. The van der Waals surface area contributed by atoms with Crippen LogP contribution in [-0.2, 0) is 7.05 Å². The first-order valence-corrected chi connectivity index (χ1v) is 9.21. The summed E-state index contributed by atoms with van der Waals surface area (Å²) >= 11 is 2.02. The van der Waals surface area contributed by atoms with E-state index in [4.69, 9.17) is 0 Å². The topological polar surface area (TPSA) is 77.7 Å². The van der Waals surface area contributed by atoms with Gasteiger partial charge in [-0.1, -0.05) is 6.58 Å². The number of hydrogen-bond acceptors (Lipinski definition) is 5. The molecule has 1 aliphatic rings. The number of anilines is 3. The summed E-state index contributed by atoms with van der Waals surface area (Å²) < 4.78 is 16.5. The summed E-state index contributed by atoms with van der Waals surface area (Å²) in [5.74, 6) is 0.104. The van der Waals surface area contributed by atoms with Gasteiger partial charge in [-0.3, -0.25) is 9.36 Å². The number of hydrogen-bond donors (Lipinski definition) is 3. The number of aliphatic hydroxyl groups is 2. The molecule has 1 aromatic heterocycles. The molecule has 1 atom stereocenters. The average molecular weight is 483 g/mol. The van der Waals surface area contributed by atoms with E-state index in [1.54, 1.807) is 37.3 Å². The first-order chi connectivity index (χ1) is 12.7. The van der Waals surface area contributed by atoms with Gasteiger partial charge in [-0.15, -0.1) is 0 Å². The van der Waals surface area contributed by atoms with Crippen LogP contribution in [0.2, 0.25) is 0 Å². The lowest BCUT2D eigenvalue weighted by molar-refractivity contribution is 0.125. The molecule has 0 spiro atoms. The predicted octanol–water partition coefficient (Wildman–Crippen LogP) is 2.57. The molecular weight excluding hydrogens is 464 g/mol. The number of aromatic nitrogens is 1. The minimum Gasteiger partial charge on any atom is -0.393 e. The zero-order valence-corrected chi connectivity index (χ0v) is 17.0. The van der Waals surface area contributed by atoms with Gasteiger partial charge >= 0.3 is 0 Å². The van der Waals surface area contributed by atoms with E-state index >= 15 is 0 Å². The maximum Gasteiger partial charge on any atom is 0.253 e. The van der Waals surface area contributed by atoms with Crippen LogP contribution in [0, 0.1) is 9.39 Å². The molecule has 6 nitrogen and oxygen atoms in total. The number of aliphatic hydroxyl groups excluding tert-OH is 2. The molecular formula is C19H19FIN3O3. The maximum atomic E-state index is 14.3. The lowest BCUT2D eigenvalue weighted by Gasteiger charge is -2.32. The van der Waals surface area contributed by atoms with Crippen molar-refractivity contribution in [1.82, 2.24) is 4.57 Å². The van der Waals surface area contributed by atoms with Gasteiger partial charge < -0.3 is 20.4 Å². The van der Waals surface area contributed by atoms with Crippen LogP contribution < -0.4 is 15.8 Å². The van der Waals surface area contributed by atoms with E-state index in [1.807, 2.05) is 22.6 Å². The van der Waals surface area contributed by atoms with Gasteiger partial charge in [0.15, 0.2) is 0 Å². The van der Waals surface area contributed by atoms with Crippen molar-refractivity contribution in [2.75, 3.05) is 23.9 Å². The Morgan fingerprint density at radius 3 is 2.63 bits per heavy atom. The molecule has 3 N–H and O–H groups in total. The van der Waals surface area contributed by atoms with E-state index in [-0.39, 0.29) is 11.2 Å². The van der Waals surface area contributed by atoms with Gasteiger partial charge in [0.2, 0.25) is 0 Å². The summed E-state index contributed by atoms with van der Waals surface area (Å²) in [6.07, 6.45) is 0.508. The quantitative estimate of drug-likeness (QED) is 0.583. The number of pyridine rings is 1. The van der Waals surface area contributed by atoms with Gasteiger partial charge in [-0.25, -0.2) is 4.39 Å². The molecule has 0 aliphatic carbocycles. The van der Waals surface area contributed by atoms with Crippen LogP contribution in [0.3, 0.4) is 0 Å². The Kier molecular flexibility index (Phi) is 5.41. The highest BCUT2D eigenvalue weighted by Gasteiger charge is 2.28. The fourth-order valence-corrected chi connectivity index (χ4v) is 3.56. The smallest absolute Gasteiger partial charge is 0.253 e. The third-order valence-electron chi connectivity index (χ3n) is 4.46. The van der Waals surface area contributed by atoms with Crippen LogP contribution in [0.25, 0.3) is 5.57 Å². The highest BCUT2D eigenvalue weighted by atomic mass is 127. The van der Waals surface area contributed by atoms with Crippen molar-refractivity contribution >= 4 is 45.4 Å². The summed E-state index contributed by atoms with van der Waals surface area (Å²) in [5.41, 5.74) is 1.76. The molecule has 0 saturated heterocycles. The zero-order chi connectivity index (χ0) is 19.9. The third-order valence-corrected chi connectivity index (χ3v) is 5.13. The predicted molar refractivity (Wildman–Crippen MR) is 113 cm³/mol. The van der Waals surface area contributed by atoms with Crippen LogP contribution in [0.5, 0.6) is 0 Å². The van der Waals surface area contributed by atoms with Crippen LogP contribution >= 0.6 is 22.6 Å². The summed E-state index contributed by atoms with van der Waals surface area (Å²) in [6.45, 7) is 3.57. The summed E-state index contributed by atoms with van der Waals surface area (Å²) in [6, 6.07) is 6.10. The Bertz CT molecular complexity index is 1020. The van der Waals surface area contributed by atoms with Gasteiger partial charge in [-0.05, 0) is 46.4 Å². The third kappa shape index (κ3) is 3.52. The second kappa shape index (κ2) is 7.45. The fourth-order valence-electron chi connectivity index (χ4n) is 3.11. The van der Waals surface area contributed by atoms with Crippen molar-refractivity contribution in [3.8, 4) is 0 Å². The Balaban J connectivity index is 2.18. The van der Waals surface area contributed by atoms with Crippen molar-refractivity contribution in [3.05, 3.63) is 67.9 Å². The molecule has 3 rings (SSSR count). The van der Waals surface area contributed by atoms with Crippen molar-refractivity contribution in [2.45, 2.75) is 6.10 Å². The van der Waals surface area contributed by atoms with Gasteiger partial charge in [0.05, 0.1) is 18.0 Å². The molecule has 2 aromatic rings. The number of benzene rings is 1. The van der Waals surface area contributed by atoms with E-state index in [2.05, 4.69) is 11.9 Å². The van der Waals surface area contributed by atoms with Crippen molar-refractivity contribution in [2.24, 2.45) is 7.05 Å². The molecule has 2 heterocycles. The molecule has 0 bridgehead atoms. The first-order valence-electron chi connectivity index (χ1n) is 8.13. The molecule has 0 fully saturated rings. The SMILES string of the molecule is C=C1C([C@@H](O)CO)=CN(C)c2c1c(Nc1ccc(I)cc1F)cc(=O)n2C. The number of fused-ring (bicyclic) bond motifs is 1. The summed E-state index contributed by atoms with van der Waals surface area (Å²) in [5, 5.41) is 22.4. The van der Waals surface area contributed by atoms with Gasteiger partial charge in [-0.2, -0.15) is 0 Å². The average Bonchev–Trinajstić information content (AvgIpc) is 2.62. The van der Waals surface area contributed by atoms with E-state index in [0.29, 0.717) is 28.2 Å². The van der Waals surface area contributed by atoms with Crippen LogP contribution in [0.1, 0.15) is 5.56 Å². The van der Waals surface area contributed by atoms with Crippen molar-refractivity contribution in [3.63, 3.8) is 0 Å². The molecule has 1 aromatic carbocycles. The lowest BCUT2D eigenvalue weighted by atomic mass is 9.92. The second-order valence-corrected chi connectivity index (χ2v) is 7.52. The molecule has 0 unspecified atom stereocenters. The molecule has 1 aliphatic heterocycles. The number of nitrogens with zero attached hydrogens (tertiary/aromatic N) is 2. The molecule has 0 amide bonds. The first kappa shape index (κ1) is 19.6. The highest BCUT2D eigenvalue weighted by molar-refractivity contribution is 14.1. The van der Waals surface area contributed by atoms with Gasteiger partial charge in [0, 0.05) is 41.1 Å². The monoisotopic (exact) mass is 483 g/mol. The number of rotatable bonds is 4. The highest BCUT2D eigenvalue weighted by Crippen LogP contribution is 2.41. The Morgan fingerprint density at radius 1 is 1.30 bits per heavy atom. The van der Waals surface area contributed by atoms with E-state index < -0.39 is 18.5 Å². The Hall–Kier alpha value is -2.17. The van der Waals surface area contributed by atoms with Crippen LogP contribution in [-0.4, -0.2) is 34.5 Å². The largest absolute Gasteiger partial charge is 0.393 e. The van der Waals surface area contributed by atoms with Gasteiger partial charge in [0.25, 0.3) is 5.56 Å². The normalized spacial score (nSPS) is 14.7. The molecule has 27 heavy (non-hydrogen) atoms. The Morgan fingerprint density at radius 2 is 2.00 bits per heavy atom. The van der Waals surface area contributed by atoms with E-state index in [9.17, 15) is 19.4 Å². The number of nitrogens with one attached hydrogen (secondary N) is 1. The van der Waals surface area contributed by atoms with Crippen LogP contribution in [0.4, 0.5) is 21.6 Å². The maximum absolute atomic E-state index is 14.3. The number of halogens is 2. The molecule has 0 saturated carbocycles. The summed E-state index contributed by atoms with van der Waals surface area (Å²) in [4.78, 5) is 14.1. The van der Waals surface area contributed by atoms with E-state index in [0.717, 1.165) is 3.57 Å². The van der Waals surface area contributed by atoms with Crippen molar-refractivity contribution < 1.29 is 14.6 Å². The second-order valence-electron chi connectivity index (χ2n) is 6.28. The van der Waals surface area contributed by atoms with Crippen molar-refractivity contribution in [1.29, 1.82) is 0 Å². The van der Waals surface area contributed by atoms with Gasteiger partial charge in [0.1, 0.15) is 17.7 Å². The molecule has 142 valence electrons. The standard InChI is InChI=1S/C19H19FIN3O3/c1-10-12(16(26)9-25)8-23(2)19-18(10)15(7-17(27)24(19)3)22-14-5-4-11(21)6-13(14)20/h4-8,16,22,25-26H,1,9H2,2-3H3/t16-/m0/s1.